The van der Waals surface area contributed by atoms with Gasteiger partial charge in [-0.15, -0.1) is 0 Å². The fourth-order valence-corrected chi connectivity index (χ4v) is 2.22. The van der Waals surface area contributed by atoms with Crippen LogP contribution in [0.5, 0.6) is 11.5 Å². The van der Waals surface area contributed by atoms with Crippen molar-refractivity contribution in [1.29, 1.82) is 0 Å². The van der Waals surface area contributed by atoms with Crippen molar-refractivity contribution in [2.45, 2.75) is 26.2 Å². The molecule has 0 radical (unpaired) electrons. The first-order valence-electron chi connectivity index (χ1n) is 7.56. The third kappa shape index (κ3) is 4.13. The highest BCUT2D eigenvalue weighted by Gasteiger charge is 2.20. The summed E-state index contributed by atoms with van der Waals surface area (Å²) in [5.74, 6) is 0.736. The van der Waals surface area contributed by atoms with E-state index in [9.17, 15) is 9.59 Å². The van der Waals surface area contributed by atoms with Crippen molar-refractivity contribution in [3.05, 3.63) is 53.6 Å². The predicted octanol–water partition coefficient (Wildman–Crippen LogP) is 4.42. The van der Waals surface area contributed by atoms with Crippen LogP contribution in [0.1, 0.15) is 36.7 Å². The normalized spacial score (nSPS) is 10.8. The van der Waals surface area contributed by atoms with Crippen LogP contribution in [0, 0.1) is 0 Å². The number of nitrogens with one attached hydrogen (secondary N) is 1. The Morgan fingerprint density at radius 2 is 1.79 bits per heavy atom. The Bertz CT molecular complexity index is 733. The highest BCUT2D eigenvalue weighted by molar-refractivity contribution is 5.92. The minimum Gasteiger partial charge on any atom is -0.494 e. The molecule has 0 bridgehead atoms. The van der Waals surface area contributed by atoms with Crippen molar-refractivity contribution in [3.8, 4) is 11.5 Å². The number of amides is 1. The fourth-order valence-electron chi connectivity index (χ4n) is 2.22. The third-order valence-corrected chi connectivity index (χ3v) is 3.51. The van der Waals surface area contributed by atoms with Crippen LogP contribution in [0.2, 0.25) is 0 Å². The van der Waals surface area contributed by atoms with Gasteiger partial charge < -0.3 is 9.47 Å². The van der Waals surface area contributed by atoms with Gasteiger partial charge in [-0.1, -0.05) is 39.0 Å². The van der Waals surface area contributed by atoms with Crippen molar-refractivity contribution >= 4 is 18.1 Å². The Morgan fingerprint density at radius 3 is 2.33 bits per heavy atom. The van der Waals surface area contributed by atoms with Crippen LogP contribution < -0.4 is 14.8 Å². The monoisotopic (exact) mass is 327 g/mol. The first-order valence-corrected chi connectivity index (χ1v) is 7.56. The van der Waals surface area contributed by atoms with Gasteiger partial charge in [0, 0.05) is 0 Å². The third-order valence-electron chi connectivity index (χ3n) is 3.51. The summed E-state index contributed by atoms with van der Waals surface area (Å²) in [6.07, 6.45) is 0.0596. The van der Waals surface area contributed by atoms with Gasteiger partial charge in [0.05, 0.1) is 18.4 Å². The topological polar surface area (TPSA) is 64.6 Å². The van der Waals surface area contributed by atoms with Crippen LogP contribution in [0.4, 0.5) is 10.5 Å². The average Bonchev–Trinajstić information content (AvgIpc) is 2.54. The Kier molecular flexibility index (Phi) is 5.24. The number of ether oxygens (including phenoxy) is 2. The molecule has 0 saturated heterocycles. The standard InChI is InChI=1S/C19H21NO4/c1-19(2,3)14-10-13(12-21)17(23-4)16(11-14)20-18(22)24-15-8-6-5-7-9-15/h5-12H,1-4H3,(H,20,22). The van der Waals surface area contributed by atoms with Crippen molar-refractivity contribution in [2.75, 3.05) is 12.4 Å². The molecular weight excluding hydrogens is 306 g/mol. The Labute approximate surface area is 141 Å². The predicted molar refractivity (Wildman–Crippen MR) is 93.2 cm³/mol. The molecule has 0 heterocycles. The van der Waals surface area contributed by atoms with Crippen molar-refractivity contribution in [3.63, 3.8) is 0 Å². The molecule has 0 aromatic heterocycles. The maximum absolute atomic E-state index is 12.1. The summed E-state index contributed by atoms with van der Waals surface area (Å²) in [6.45, 7) is 6.07. The van der Waals surface area contributed by atoms with Gasteiger partial charge in [-0.2, -0.15) is 0 Å². The van der Waals surface area contributed by atoms with E-state index in [-0.39, 0.29) is 5.41 Å². The van der Waals surface area contributed by atoms with E-state index in [0.29, 0.717) is 29.0 Å². The zero-order valence-corrected chi connectivity index (χ0v) is 14.3. The summed E-state index contributed by atoms with van der Waals surface area (Å²) in [5, 5.41) is 2.65. The molecule has 5 nitrogen and oxygen atoms in total. The lowest BCUT2D eigenvalue weighted by molar-refractivity contribution is 0.112. The number of aldehydes is 1. The van der Waals surface area contributed by atoms with Gasteiger partial charge in [-0.05, 0) is 35.2 Å². The van der Waals surface area contributed by atoms with Gasteiger partial charge in [-0.3, -0.25) is 10.1 Å². The smallest absolute Gasteiger partial charge is 0.417 e. The van der Waals surface area contributed by atoms with E-state index < -0.39 is 6.09 Å². The maximum Gasteiger partial charge on any atom is 0.417 e. The van der Waals surface area contributed by atoms with Crippen LogP contribution >= 0.6 is 0 Å². The molecule has 0 aliphatic carbocycles. The molecule has 0 saturated carbocycles. The number of anilines is 1. The second-order valence-electron chi connectivity index (χ2n) is 6.34. The van der Waals surface area contributed by atoms with Gasteiger partial charge in [0.2, 0.25) is 0 Å². The molecule has 0 aliphatic heterocycles. The number of methoxy groups -OCH3 is 1. The van der Waals surface area contributed by atoms with Crippen molar-refractivity contribution < 1.29 is 19.1 Å². The lowest BCUT2D eigenvalue weighted by Gasteiger charge is -2.22. The van der Waals surface area contributed by atoms with Crippen LogP contribution in [0.15, 0.2) is 42.5 Å². The molecule has 0 spiro atoms. The SMILES string of the molecule is COc1c(C=O)cc(C(C)(C)C)cc1NC(=O)Oc1ccccc1. The zero-order valence-electron chi connectivity index (χ0n) is 14.3. The zero-order chi connectivity index (χ0) is 17.7. The highest BCUT2D eigenvalue weighted by Crippen LogP contribution is 2.34. The number of para-hydroxylation sites is 1. The minimum atomic E-state index is -0.651. The van der Waals surface area contributed by atoms with E-state index in [4.69, 9.17) is 9.47 Å². The second kappa shape index (κ2) is 7.17. The number of rotatable bonds is 4. The Hall–Kier alpha value is -2.82. The molecule has 5 heteroatoms. The molecule has 1 N–H and O–H groups in total. The van der Waals surface area contributed by atoms with E-state index in [1.807, 2.05) is 26.8 Å². The lowest BCUT2D eigenvalue weighted by Crippen LogP contribution is -2.19. The second-order valence-corrected chi connectivity index (χ2v) is 6.34. The van der Waals surface area contributed by atoms with E-state index in [2.05, 4.69) is 5.32 Å². The van der Waals surface area contributed by atoms with Gasteiger partial charge in [-0.25, -0.2) is 4.79 Å². The van der Waals surface area contributed by atoms with E-state index in [0.717, 1.165) is 5.56 Å². The number of carbonyl (C=O) groups excluding carboxylic acids is 2. The molecular formula is C19H21NO4. The lowest BCUT2D eigenvalue weighted by atomic mass is 9.85. The molecule has 2 rings (SSSR count). The number of hydrogen-bond acceptors (Lipinski definition) is 4. The summed E-state index contributed by atoms with van der Waals surface area (Å²) in [5.41, 5.74) is 1.48. The molecule has 126 valence electrons. The molecule has 0 fully saturated rings. The molecule has 2 aromatic carbocycles. The van der Waals surface area contributed by atoms with Gasteiger partial charge in [0.25, 0.3) is 0 Å². The van der Waals surface area contributed by atoms with Crippen LogP contribution in [-0.4, -0.2) is 19.5 Å². The van der Waals surface area contributed by atoms with Crippen LogP contribution in [0.3, 0.4) is 0 Å². The van der Waals surface area contributed by atoms with Gasteiger partial charge in [0.1, 0.15) is 5.75 Å². The summed E-state index contributed by atoms with van der Waals surface area (Å²) < 4.78 is 10.5. The Balaban J connectivity index is 2.33. The summed E-state index contributed by atoms with van der Waals surface area (Å²) in [6, 6.07) is 12.3. The molecule has 2 aromatic rings. The van der Waals surface area contributed by atoms with Crippen LogP contribution in [0.25, 0.3) is 0 Å². The molecule has 1 amide bonds. The minimum absolute atomic E-state index is 0.191. The quantitative estimate of drug-likeness (QED) is 0.845. The van der Waals surface area contributed by atoms with E-state index >= 15 is 0 Å². The first kappa shape index (κ1) is 17.5. The summed E-state index contributed by atoms with van der Waals surface area (Å²) in [7, 11) is 1.45. The summed E-state index contributed by atoms with van der Waals surface area (Å²) in [4.78, 5) is 23.5. The van der Waals surface area contributed by atoms with E-state index in [1.165, 1.54) is 7.11 Å². The molecule has 24 heavy (non-hydrogen) atoms. The maximum atomic E-state index is 12.1. The highest BCUT2D eigenvalue weighted by atomic mass is 16.6. The molecule has 0 atom stereocenters. The summed E-state index contributed by atoms with van der Waals surface area (Å²) >= 11 is 0. The Morgan fingerprint density at radius 1 is 1.12 bits per heavy atom. The molecule has 0 aliphatic rings. The number of hydrogen-bond donors (Lipinski definition) is 1. The number of benzene rings is 2. The van der Waals surface area contributed by atoms with E-state index in [1.54, 1.807) is 36.4 Å². The first-order chi connectivity index (χ1) is 11.3. The fraction of sp³-hybridized carbons (Fsp3) is 0.263. The largest absolute Gasteiger partial charge is 0.494 e. The molecule has 0 unspecified atom stereocenters. The van der Waals surface area contributed by atoms with Gasteiger partial charge >= 0.3 is 6.09 Å². The number of carbonyl (C=O) groups is 2. The average molecular weight is 327 g/mol. The van der Waals surface area contributed by atoms with Crippen molar-refractivity contribution in [1.82, 2.24) is 0 Å². The van der Waals surface area contributed by atoms with Crippen molar-refractivity contribution in [2.24, 2.45) is 0 Å². The van der Waals surface area contributed by atoms with Gasteiger partial charge in [0.15, 0.2) is 12.0 Å². The van der Waals surface area contributed by atoms with Crippen LogP contribution in [-0.2, 0) is 5.41 Å².